The number of hydrogen-bond acceptors (Lipinski definition) is 4. The normalized spacial score (nSPS) is 27.1. The van der Waals surface area contributed by atoms with Gasteiger partial charge in [-0.25, -0.2) is 5.06 Å². The Kier molecular flexibility index (Phi) is 3.52. The van der Waals surface area contributed by atoms with E-state index >= 15 is 0 Å². The van der Waals surface area contributed by atoms with Crippen LogP contribution in [-0.4, -0.2) is 40.5 Å². The first kappa shape index (κ1) is 12.6. The lowest BCUT2D eigenvalue weighted by Gasteiger charge is -2.21. The molecule has 0 bridgehead atoms. The van der Waals surface area contributed by atoms with Crippen LogP contribution in [-0.2, 0) is 20.9 Å². The van der Waals surface area contributed by atoms with Crippen LogP contribution in [0.1, 0.15) is 31.4 Å². The van der Waals surface area contributed by atoms with Crippen molar-refractivity contribution in [3.05, 3.63) is 18.0 Å². The van der Waals surface area contributed by atoms with Gasteiger partial charge in [0.05, 0.1) is 31.4 Å². The summed E-state index contributed by atoms with van der Waals surface area (Å²) in [5.41, 5.74) is 0.983. The van der Waals surface area contributed by atoms with Gasteiger partial charge in [0.25, 0.3) is 5.91 Å². The number of nitrogens with zero attached hydrogens (tertiary/aromatic N) is 3. The van der Waals surface area contributed by atoms with Crippen molar-refractivity contribution in [3.63, 3.8) is 0 Å². The smallest absolute Gasteiger partial charge is 0.252 e. The second-order valence-corrected chi connectivity index (χ2v) is 4.94. The van der Waals surface area contributed by atoms with E-state index in [0.717, 1.165) is 24.9 Å². The van der Waals surface area contributed by atoms with Gasteiger partial charge < -0.3 is 4.74 Å². The van der Waals surface area contributed by atoms with Crippen molar-refractivity contribution < 1.29 is 14.4 Å². The van der Waals surface area contributed by atoms with Gasteiger partial charge in [-0.3, -0.25) is 14.3 Å². The lowest BCUT2D eigenvalue weighted by atomic mass is 9.96. The Hall–Kier alpha value is -1.40. The van der Waals surface area contributed by atoms with E-state index < -0.39 is 0 Å². The molecule has 0 aliphatic carbocycles. The molecule has 2 aliphatic heterocycles. The maximum atomic E-state index is 12.4. The molecular formula is C13H19N3O3. The summed E-state index contributed by atoms with van der Waals surface area (Å²) in [4.78, 5) is 17.7. The molecule has 1 amide bonds. The summed E-state index contributed by atoms with van der Waals surface area (Å²) < 4.78 is 7.59. The van der Waals surface area contributed by atoms with Crippen LogP contribution in [0.5, 0.6) is 0 Å². The third-order valence-corrected chi connectivity index (χ3v) is 3.71. The molecule has 19 heavy (non-hydrogen) atoms. The van der Waals surface area contributed by atoms with Gasteiger partial charge in [-0.1, -0.05) is 0 Å². The fraction of sp³-hybridized carbons (Fsp3) is 0.692. The van der Waals surface area contributed by atoms with E-state index in [4.69, 9.17) is 9.57 Å². The maximum Gasteiger partial charge on any atom is 0.252 e. The minimum Gasteiger partial charge on any atom is -0.373 e. The van der Waals surface area contributed by atoms with E-state index in [-0.39, 0.29) is 17.9 Å². The Morgan fingerprint density at radius 1 is 1.53 bits per heavy atom. The van der Waals surface area contributed by atoms with Crippen molar-refractivity contribution in [1.29, 1.82) is 0 Å². The third kappa shape index (κ3) is 2.37. The minimum atomic E-state index is -0.183. The molecule has 0 saturated carbocycles. The summed E-state index contributed by atoms with van der Waals surface area (Å²) in [5.74, 6) is -0.100. The molecule has 2 aliphatic rings. The summed E-state index contributed by atoms with van der Waals surface area (Å²) in [6, 6.07) is 0. The van der Waals surface area contributed by atoms with Gasteiger partial charge in [-0.05, 0) is 19.8 Å². The standard InChI is InChI=1S/C13H19N3O3/c1-2-15-9-10(8-14-15)12-11(4-7-18-12)13(17)16-5-3-6-19-16/h8-9,11-12H,2-7H2,1H3/t11-,12+/m0/s1. The highest BCUT2D eigenvalue weighted by atomic mass is 16.7. The first-order chi connectivity index (χ1) is 9.29. The van der Waals surface area contributed by atoms with Crippen LogP contribution < -0.4 is 0 Å². The second kappa shape index (κ2) is 5.30. The van der Waals surface area contributed by atoms with Crippen molar-refractivity contribution in [2.45, 2.75) is 32.4 Å². The largest absolute Gasteiger partial charge is 0.373 e. The van der Waals surface area contributed by atoms with Crippen LogP contribution in [0.15, 0.2) is 12.4 Å². The van der Waals surface area contributed by atoms with E-state index in [2.05, 4.69) is 5.10 Å². The summed E-state index contributed by atoms with van der Waals surface area (Å²) in [5, 5.41) is 5.75. The van der Waals surface area contributed by atoms with Gasteiger partial charge in [-0.2, -0.15) is 5.10 Å². The van der Waals surface area contributed by atoms with E-state index in [9.17, 15) is 4.79 Å². The number of aromatic nitrogens is 2. The number of ether oxygens (including phenoxy) is 1. The molecule has 104 valence electrons. The Labute approximate surface area is 112 Å². The Morgan fingerprint density at radius 3 is 3.11 bits per heavy atom. The second-order valence-electron chi connectivity index (χ2n) is 4.94. The third-order valence-electron chi connectivity index (χ3n) is 3.71. The van der Waals surface area contributed by atoms with Crippen molar-refractivity contribution in [1.82, 2.24) is 14.8 Å². The van der Waals surface area contributed by atoms with Crippen LogP contribution >= 0.6 is 0 Å². The summed E-state index contributed by atoms with van der Waals surface area (Å²) in [7, 11) is 0. The molecule has 0 aromatic carbocycles. The van der Waals surface area contributed by atoms with Crippen LogP contribution in [0.3, 0.4) is 0 Å². The van der Waals surface area contributed by atoms with Gasteiger partial charge in [0.1, 0.15) is 0 Å². The molecule has 3 heterocycles. The molecule has 6 heteroatoms. The molecule has 1 aromatic rings. The van der Waals surface area contributed by atoms with E-state index in [1.807, 2.05) is 17.8 Å². The highest BCUT2D eigenvalue weighted by Crippen LogP contribution is 2.36. The van der Waals surface area contributed by atoms with Crippen molar-refractivity contribution in [2.24, 2.45) is 5.92 Å². The fourth-order valence-corrected chi connectivity index (χ4v) is 2.68. The molecule has 6 nitrogen and oxygen atoms in total. The molecule has 1 aromatic heterocycles. The number of hydrogen-bond donors (Lipinski definition) is 0. The average Bonchev–Trinajstić information content (AvgIpc) is 3.16. The summed E-state index contributed by atoms with van der Waals surface area (Å²) in [6.07, 6.45) is 5.24. The Morgan fingerprint density at radius 2 is 2.42 bits per heavy atom. The van der Waals surface area contributed by atoms with Gasteiger partial charge in [0.2, 0.25) is 0 Å². The molecule has 2 saturated heterocycles. The predicted molar refractivity (Wildman–Crippen MR) is 67.0 cm³/mol. The highest BCUT2D eigenvalue weighted by molar-refractivity contribution is 5.79. The first-order valence-corrected chi connectivity index (χ1v) is 6.88. The lowest BCUT2D eigenvalue weighted by Crippen LogP contribution is -2.34. The number of amides is 1. The summed E-state index contributed by atoms with van der Waals surface area (Å²) >= 11 is 0. The van der Waals surface area contributed by atoms with E-state index in [1.165, 1.54) is 5.06 Å². The van der Waals surface area contributed by atoms with E-state index in [0.29, 0.717) is 19.8 Å². The molecule has 0 spiro atoms. The van der Waals surface area contributed by atoms with Crippen LogP contribution in [0.25, 0.3) is 0 Å². The molecule has 2 atom stereocenters. The molecule has 2 fully saturated rings. The van der Waals surface area contributed by atoms with Gasteiger partial charge in [-0.15, -0.1) is 0 Å². The molecule has 0 unspecified atom stereocenters. The monoisotopic (exact) mass is 265 g/mol. The maximum absolute atomic E-state index is 12.4. The molecule has 3 rings (SSSR count). The minimum absolute atomic E-state index is 0.0456. The number of aryl methyl sites for hydroxylation is 1. The van der Waals surface area contributed by atoms with Crippen LogP contribution in [0.2, 0.25) is 0 Å². The topological polar surface area (TPSA) is 56.6 Å². The van der Waals surface area contributed by atoms with E-state index in [1.54, 1.807) is 6.20 Å². The Balaban J connectivity index is 1.75. The van der Waals surface area contributed by atoms with Crippen LogP contribution in [0, 0.1) is 5.92 Å². The predicted octanol–water partition coefficient (Wildman–Crippen LogP) is 1.14. The number of carbonyl (C=O) groups excluding carboxylic acids is 1. The average molecular weight is 265 g/mol. The van der Waals surface area contributed by atoms with Crippen LogP contribution in [0.4, 0.5) is 0 Å². The van der Waals surface area contributed by atoms with Crippen molar-refractivity contribution in [2.75, 3.05) is 19.8 Å². The Bertz CT molecular complexity index is 454. The summed E-state index contributed by atoms with van der Waals surface area (Å²) in [6.45, 7) is 4.80. The zero-order valence-corrected chi connectivity index (χ0v) is 11.1. The van der Waals surface area contributed by atoms with Gasteiger partial charge in [0, 0.05) is 24.9 Å². The van der Waals surface area contributed by atoms with Gasteiger partial charge >= 0.3 is 0 Å². The lowest BCUT2D eigenvalue weighted by molar-refractivity contribution is -0.175. The molecular weight excluding hydrogens is 246 g/mol. The molecule has 0 radical (unpaired) electrons. The zero-order valence-electron chi connectivity index (χ0n) is 11.1. The van der Waals surface area contributed by atoms with Crippen molar-refractivity contribution >= 4 is 5.91 Å². The molecule has 0 N–H and O–H groups in total. The van der Waals surface area contributed by atoms with Gasteiger partial charge in [0.15, 0.2) is 0 Å². The zero-order chi connectivity index (χ0) is 13.2. The number of hydroxylamine groups is 2. The number of rotatable bonds is 3. The number of carbonyl (C=O) groups is 1. The highest BCUT2D eigenvalue weighted by Gasteiger charge is 2.39. The SMILES string of the molecule is CCn1cc([C@H]2OCC[C@@H]2C(=O)N2CCCO2)cn1. The first-order valence-electron chi connectivity index (χ1n) is 6.88. The quantitative estimate of drug-likeness (QED) is 0.822. The van der Waals surface area contributed by atoms with Crippen molar-refractivity contribution in [3.8, 4) is 0 Å². The fourth-order valence-electron chi connectivity index (χ4n) is 2.68.